The summed E-state index contributed by atoms with van der Waals surface area (Å²) in [4.78, 5) is 13.8. The van der Waals surface area contributed by atoms with E-state index in [1.54, 1.807) is 11.4 Å². The van der Waals surface area contributed by atoms with Crippen LogP contribution in [0.15, 0.2) is 27.8 Å². The molecule has 0 bridgehead atoms. The van der Waals surface area contributed by atoms with Gasteiger partial charge in [0, 0.05) is 39.3 Å². The van der Waals surface area contributed by atoms with E-state index >= 15 is 0 Å². The normalized spacial score (nSPS) is 16.8. The third-order valence-electron chi connectivity index (χ3n) is 4.00. The van der Waals surface area contributed by atoms with Crippen molar-refractivity contribution < 1.29 is 26.4 Å². The first-order chi connectivity index (χ1) is 12.1. The highest BCUT2D eigenvalue weighted by atomic mass is 32.2. The molecule has 3 rings (SSSR count). The van der Waals surface area contributed by atoms with Gasteiger partial charge in [0.1, 0.15) is 9.90 Å². The number of hydrogen-bond acceptors (Lipinski definition) is 5. The summed E-state index contributed by atoms with van der Waals surface area (Å²) in [7, 11) is -2.34. The van der Waals surface area contributed by atoms with E-state index in [2.05, 4.69) is 5.10 Å². The monoisotopic (exact) mass is 408 g/mol. The molecule has 0 N–H and O–H groups in total. The molecule has 2 aromatic rings. The summed E-state index contributed by atoms with van der Waals surface area (Å²) in [6.07, 6.45) is -4.64. The molecule has 2 aromatic heterocycles. The lowest BCUT2D eigenvalue weighted by Crippen LogP contribution is -2.50. The molecule has 0 radical (unpaired) electrons. The molecule has 3 heterocycles. The molecular weight excluding hydrogens is 393 g/mol. The molecule has 12 heteroatoms. The van der Waals surface area contributed by atoms with Gasteiger partial charge in [-0.05, 0) is 11.4 Å². The summed E-state index contributed by atoms with van der Waals surface area (Å²) >= 11 is 1.11. The molecule has 142 valence electrons. The second kappa shape index (κ2) is 6.67. The van der Waals surface area contributed by atoms with E-state index in [4.69, 9.17) is 0 Å². The molecule has 1 saturated heterocycles. The molecule has 1 aliphatic heterocycles. The minimum absolute atomic E-state index is 0.0793. The number of carbonyl (C=O) groups excluding carboxylic acids is 1. The van der Waals surface area contributed by atoms with Gasteiger partial charge in [-0.1, -0.05) is 6.07 Å². The molecule has 0 aromatic carbocycles. The molecule has 0 aliphatic carbocycles. The zero-order chi connectivity index (χ0) is 19.1. The fraction of sp³-hybridized carbons (Fsp3) is 0.429. The van der Waals surface area contributed by atoms with Gasteiger partial charge in [-0.3, -0.25) is 9.48 Å². The van der Waals surface area contributed by atoms with Crippen molar-refractivity contribution in [3.05, 3.63) is 35.0 Å². The summed E-state index contributed by atoms with van der Waals surface area (Å²) in [5.74, 6) is -0.608. The molecule has 0 unspecified atom stereocenters. The summed E-state index contributed by atoms with van der Waals surface area (Å²) in [6, 6.07) is 3.85. The number of alkyl halides is 3. The largest absolute Gasteiger partial charge is 0.435 e. The molecule has 0 atom stereocenters. The molecule has 26 heavy (non-hydrogen) atoms. The van der Waals surface area contributed by atoms with Gasteiger partial charge in [0.15, 0.2) is 5.69 Å². The highest BCUT2D eigenvalue weighted by Gasteiger charge is 2.37. The molecule has 7 nitrogen and oxygen atoms in total. The van der Waals surface area contributed by atoms with Gasteiger partial charge in [0.05, 0.1) is 0 Å². The van der Waals surface area contributed by atoms with Crippen molar-refractivity contribution in [3.8, 4) is 0 Å². The van der Waals surface area contributed by atoms with Crippen LogP contribution < -0.4 is 0 Å². The number of hydrogen-bond donors (Lipinski definition) is 0. The minimum atomic E-state index is -4.64. The van der Waals surface area contributed by atoms with Crippen molar-refractivity contribution in [3.63, 3.8) is 0 Å². The maximum absolute atomic E-state index is 12.7. The second-order valence-corrected chi connectivity index (χ2v) is 8.78. The van der Waals surface area contributed by atoms with Gasteiger partial charge in [-0.15, -0.1) is 11.3 Å². The van der Waals surface area contributed by atoms with Crippen LogP contribution in [0.1, 0.15) is 16.2 Å². The number of piperazine rings is 1. The Morgan fingerprint density at radius 1 is 1.23 bits per heavy atom. The van der Waals surface area contributed by atoms with E-state index in [9.17, 15) is 26.4 Å². The zero-order valence-corrected chi connectivity index (χ0v) is 15.2. The maximum Gasteiger partial charge on any atom is 0.435 e. The highest BCUT2D eigenvalue weighted by Crippen LogP contribution is 2.29. The van der Waals surface area contributed by atoms with Crippen LogP contribution in [0.3, 0.4) is 0 Å². The van der Waals surface area contributed by atoms with E-state index in [0.717, 1.165) is 16.0 Å². The Labute approximate surface area is 151 Å². The number of rotatable bonds is 3. The first-order valence-electron chi connectivity index (χ1n) is 7.55. The molecule has 0 spiro atoms. The fourth-order valence-corrected chi connectivity index (χ4v) is 5.20. The quantitative estimate of drug-likeness (QED) is 0.774. The number of aromatic nitrogens is 2. The van der Waals surface area contributed by atoms with Crippen molar-refractivity contribution in [2.75, 3.05) is 26.2 Å². The lowest BCUT2D eigenvalue weighted by Gasteiger charge is -2.33. The fourth-order valence-electron chi connectivity index (χ4n) is 2.64. The third kappa shape index (κ3) is 3.48. The van der Waals surface area contributed by atoms with Crippen molar-refractivity contribution in [1.29, 1.82) is 0 Å². The molecule has 1 aliphatic rings. The molecule has 1 fully saturated rings. The first-order valence-corrected chi connectivity index (χ1v) is 9.87. The van der Waals surface area contributed by atoms with Crippen LogP contribution in [0.2, 0.25) is 0 Å². The predicted molar refractivity (Wildman–Crippen MR) is 87.2 cm³/mol. The zero-order valence-electron chi connectivity index (χ0n) is 13.6. The van der Waals surface area contributed by atoms with Gasteiger partial charge in [0.2, 0.25) is 0 Å². The summed E-state index contributed by atoms with van der Waals surface area (Å²) < 4.78 is 65.5. The standard InChI is InChI=1S/C14H15F3N4O3S2/c1-19-10(9-11(18-19)14(15,16)17)13(22)20-4-6-21(7-5-20)26(23,24)12-3-2-8-25-12/h2-3,8-9H,4-7H2,1H3. The van der Waals surface area contributed by atoms with Crippen LogP contribution >= 0.6 is 11.3 Å². The number of thiophene rings is 1. The predicted octanol–water partition coefficient (Wildman–Crippen LogP) is 1.65. The van der Waals surface area contributed by atoms with Crippen LogP contribution in [0.25, 0.3) is 0 Å². The minimum Gasteiger partial charge on any atom is -0.335 e. The topological polar surface area (TPSA) is 75.5 Å². The van der Waals surface area contributed by atoms with E-state index in [-0.39, 0.29) is 36.1 Å². The van der Waals surface area contributed by atoms with Gasteiger partial charge in [0.25, 0.3) is 15.9 Å². The van der Waals surface area contributed by atoms with Crippen LogP contribution in [-0.2, 0) is 23.2 Å². The number of amides is 1. The maximum atomic E-state index is 12.7. The SMILES string of the molecule is Cn1nc(C(F)(F)F)cc1C(=O)N1CCN(S(=O)(=O)c2cccs2)CC1. The van der Waals surface area contributed by atoms with Crippen LogP contribution in [0.5, 0.6) is 0 Å². The van der Waals surface area contributed by atoms with Crippen LogP contribution in [0, 0.1) is 0 Å². The first kappa shape index (κ1) is 18.9. The average Bonchev–Trinajstić information content (AvgIpc) is 3.23. The highest BCUT2D eigenvalue weighted by molar-refractivity contribution is 7.91. The molecule has 1 amide bonds. The average molecular weight is 408 g/mol. The van der Waals surface area contributed by atoms with Crippen LogP contribution in [-0.4, -0.2) is 59.5 Å². The van der Waals surface area contributed by atoms with Gasteiger partial charge < -0.3 is 4.90 Å². The van der Waals surface area contributed by atoms with E-state index in [1.807, 2.05) is 0 Å². The number of sulfonamides is 1. The van der Waals surface area contributed by atoms with Gasteiger partial charge in [-0.25, -0.2) is 8.42 Å². The smallest absolute Gasteiger partial charge is 0.335 e. The number of halogens is 3. The third-order valence-corrected chi connectivity index (χ3v) is 7.28. The Morgan fingerprint density at radius 2 is 1.88 bits per heavy atom. The Hall–Kier alpha value is -1.92. The van der Waals surface area contributed by atoms with E-state index in [1.165, 1.54) is 22.3 Å². The van der Waals surface area contributed by atoms with Gasteiger partial charge in [-0.2, -0.15) is 22.6 Å². The number of aryl methyl sites for hydroxylation is 1. The summed E-state index contributed by atoms with van der Waals surface area (Å²) in [5.41, 5.74) is -1.32. The Morgan fingerprint density at radius 3 is 2.38 bits per heavy atom. The Bertz CT molecular complexity index is 899. The molecular formula is C14H15F3N4O3S2. The Kier molecular flexibility index (Phi) is 4.84. The van der Waals surface area contributed by atoms with E-state index in [0.29, 0.717) is 6.07 Å². The Balaban J connectivity index is 1.71. The van der Waals surface area contributed by atoms with Crippen molar-refractivity contribution in [2.24, 2.45) is 7.05 Å². The van der Waals surface area contributed by atoms with E-state index < -0.39 is 27.8 Å². The van der Waals surface area contributed by atoms with Crippen molar-refractivity contribution in [2.45, 2.75) is 10.4 Å². The number of carbonyl (C=O) groups is 1. The molecule has 0 saturated carbocycles. The summed E-state index contributed by atoms with van der Waals surface area (Å²) in [5, 5.41) is 4.99. The van der Waals surface area contributed by atoms with Crippen LogP contribution in [0.4, 0.5) is 13.2 Å². The summed E-state index contributed by atoms with van der Waals surface area (Å²) in [6.45, 7) is 0.345. The van der Waals surface area contributed by atoms with Gasteiger partial charge >= 0.3 is 6.18 Å². The number of nitrogens with zero attached hydrogens (tertiary/aromatic N) is 4. The van der Waals surface area contributed by atoms with Crippen molar-refractivity contribution in [1.82, 2.24) is 19.0 Å². The lowest BCUT2D eigenvalue weighted by molar-refractivity contribution is -0.141. The lowest BCUT2D eigenvalue weighted by atomic mass is 10.3. The van der Waals surface area contributed by atoms with Crippen molar-refractivity contribution >= 4 is 27.3 Å². The second-order valence-electron chi connectivity index (χ2n) is 5.66.